The van der Waals surface area contributed by atoms with Crippen molar-refractivity contribution >= 4 is 12.9 Å². The molecule has 1 saturated carbocycles. The molecule has 1 aliphatic carbocycles. The zero-order chi connectivity index (χ0) is 16.6. The van der Waals surface area contributed by atoms with Crippen LogP contribution >= 0.6 is 0 Å². The molecule has 0 aliphatic heterocycles. The Morgan fingerprint density at radius 1 is 1.32 bits per heavy atom. The van der Waals surface area contributed by atoms with Gasteiger partial charge < -0.3 is 9.76 Å². The fourth-order valence-corrected chi connectivity index (χ4v) is 2.38. The number of aromatic nitrogens is 2. The number of hydrogen-bond acceptors (Lipinski definition) is 3. The summed E-state index contributed by atoms with van der Waals surface area (Å²) in [5.41, 5.74) is -0.769. The van der Waals surface area contributed by atoms with Crippen molar-refractivity contribution < 1.29 is 18.5 Å². The highest BCUT2D eigenvalue weighted by molar-refractivity contribution is 6.46. The third-order valence-corrected chi connectivity index (χ3v) is 4.79. The molecule has 0 saturated heterocycles. The third kappa shape index (κ3) is 4.07. The Bertz CT molecular complexity index is 502. The molecule has 1 aromatic rings. The molecule has 124 valence electrons. The molecule has 2 rings (SSSR count). The molecular formula is C15H25BF2N2O2. The van der Waals surface area contributed by atoms with E-state index in [2.05, 4.69) is 5.10 Å². The van der Waals surface area contributed by atoms with E-state index in [4.69, 9.17) is 4.65 Å². The van der Waals surface area contributed by atoms with Crippen LogP contribution in [0.2, 0.25) is 0 Å². The molecule has 4 nitrogen and oxygen atoms in total. The molecule has 0 radical (unpaired) electrons. The molecule has 1 heterocycles. The topological polar surface area (TPSA) is 47.3 Å². The average molecular weight is 314 g/mol. The summed E-state index contributed by atoms with van der Waals surface area (Å²) in [6, 6.07) is 0.0377. The number of nitrogens with zero attached hydrogens (tertiary/aromatic N) is 2. The largest absolute Gasteiger partial charge is 0.427 e. The molecule has 0 bridgehead atoms. The lowest BCUT2D eigenvalue weighted by Crippen LogP contribution is -2.49. The second kappa shape index (κ2) is 5.93. The van der Waals surface area contributed by atoms with Gasteiger partial charge in [0, 0.05) is 25.2 Å². The highest BCUT2D eigenvalue weighted by Gasteiger charge is 2.37. The smallest absolute Gasteiger partial charge is 0.312 e. The van der Waals surface area contributed by atoms with Crippen LogP contribution in [0.5, 0.6) is 0 Å². The summed E-state index contributed by atoms with van der Waals surface area (Å²) < 4.78 is 33.9. The van der Waals surface area contributed by atoms with Crippen molar-refractivity contribution in [2.45, 2.75) is 76.5 Å². The van der Waals surface area contributed by atoms with Crippen LogP contribution in [0.4, 0.5) is 8.78 Å². The Hall–Kier alpha value is -0.945. The van der Waals surface area contributed by atoms with Crippen LogP contribution in [0.25, 0.3) is 0 Å². The van der Waals surface area contributed by atoms with Crippen molar-refractivity contribution in [2.75, 3.05) is 0 Å². The first-order valence-corrected chi connectivity index (χ1v) is 7.77. The Morgan fingerprint density at radius 3 is 2.45 bits per heavy atom. The number of rotatable bonds is 5. The van der Waals surface area contributed by atoms with Gasteiger partial charge in [-0.3, -0.25) is 4.68 Å². The summed E-state index contributed by atoms with van der Waals surface area (Å²) in [6.07, 6.45) is 4.31. The maximum Gasteiger partial charge on any atom is 0.312 e. The Labute approximate surface area is 131 Å². The van der Waals surface area contributed by atoms with Gasteiger partial charge in [0.1, 0.15) is 0 Å². The average Bonchev–Trinajstić information content (AvgIpc) is 2.84. The first-order valence-electron chi connectivity index (χ1n) is 7.77. The van der Waals surface area contributed by atoms with Gasteiger partial charge in [-0.05, 0) is 46.0 Å². The van der Waals surface area contributed by atoms with Gasteiger partial charge in [0.25, 0.3) is 0 Å². The van der Waals surface area contributed by atoms with Crippen molar-refractivity contribution in [1.82, 2.24) is 9.78 Å². The van der Waals surface area contributed by atoms with E-state index in [-0.39, 0.29) is 18.9 Å². The molecule has 0 unspecified atom stereocenters. The summed E-state index contributed by atoms with van der Waals surface area (Å²) in [5.74, 6) is -2.52. The summed E-state index contributed by atoms with van der Waals surface area (Å²) in [4.78, 5) is 0. The number of halogens is 2. The summed E-state index contributed by atoms with van der Waals surface area (Å²) in [6.45, 7) is 7.08. The van der Waals surface area contributed by atoms with E-state index in [1.54, 1.807) is 24.7 Å². The van der Waals surface area contributed by atoms with Crippen molar-refractivity contribution in [3.63, 3.8) is 0 Å². The van der Waals surface area contributed by atoms with Crippen LogP contribution in [0, 0.1) is 0 Å². The minimum atomic E-state index is -2.52. The van der Waals surface area contributed by atoms with Gasteiger partial charge in [0.05, 0.1) is 17.2 Å². The van der Waals surface area contributed by atoms with Gasteiger partial charge in [-0.25, -0.2) is 8.78 Å². The van der Waals surface area contributed by atoms with Crippen molar-refractivity contribution in [1.29, 1.82) is 0 Å². The number of alkyl halides is 2. The normalized spacial score (nSPS) is 20.1. The zero-order valence-corrected chi connectivity index (χ0v) is 13.8. The Balaban J connectivity index is 1.93. The van der Waals surface area contributed by atoms with Gasteiger partial charge in [0.15, 0.2) is 0 Å². The van der Waals surface area contributed by atoms with Crippen LogP contribution in [-0.2, 0) is 4.65 Å². The van der Waals surface area contributed by atoms with Gasteiger partial charge in [-0.1, -0.05) is 0 Å². The van der Waals surface area contributed by atoms with Crippen molar-refractivity contribution in [2.24, 2.45) is 0 Å². The van der Waals surface area contributed by atoms with E-state index in [9.17, 15) is 13.9 Å². The van der Waals surface area contributed by atoms with Crippen LogP contribution in [0.3, 0.4) is 0 Å². The van der Waals surface area contributed by atoms with Crippen molar-refractivity contribution in [3.05, 3.63) is 12.4 Å². The van der Waals surface area contributed by atoms with Gasteiger partial charge in [-0.2, -0.15) is 5.10 Å². The molecule has 1 N–H and O–H groups in total. The van der Waals surface area contributed by atoms with Crippen molar-refractivity contribution in [3.8, 4) is 0 Å². The van der Waals surface area contributed by atoms with E-state index < -0.39 is 17.1 Å². The predicted octanol–water partition coefficient (Wildman–Crippen LogP) is 2.18. The maximum atomic E-state index is 13.2. The number of aliphatic hydroxyl groups is 1. The van der Waals surface area contributed by atoms with E-state index in [0.29, 0.717) is 20.3 Å². The van der Waals surface area contributed by atoms with Crippen LogP contribution in [0.1, 0.15) is 59.4 Å². The van der Waals surface area contributed by atoms with Gasteiger partial charge in [-0.15, -0.1) is 0 Å². The molecule has 0 aromatic carbocycles. The lowest BCUT2D eigenvalue weighted by atomic mass is 9.84. The first kappa shape index (κ1) is 17.4. The number of hydrogen-bond donors (Lipinski definition) is 1. The van der Waals surface area contributed by atoms with E-state index >= 15 is 0 Å². The first-order chi connectivity index (χ1) is 10.0. The molecule has 22 heavy (non-hydrogen) atoms. The second-order valence-corrected chi connectivity index (χ2v) is 7.27. The molecule has 0 atom stereocenters. The molecule has 1 fully saturated rings. The summed E-state index contributed by atoms with van der Waals surface area (Å²) >= 11 is 0. The van der Waals surface area contributed by atoms with Gasteiger partial charge >= 0.3 is 7.48 Å². The zero-order valence-electron chi connectivity index (χ0n) is 13.8. The van der Waals surface area contributed by atoms with E-state index in [1.165, 1.54) is 0 Å². The van der Waals surface area contributed by atoms with Crippen LogP contribution < -0.4 is 5.46 Å². The van der Waals surface area contributed by atoms with E-state index in [1.807, 2.05) is 20.0 Å². The maximum absolute atomic E-state index is 13.2. The highest BCUT2D eigenvalue weighted by atomic mass is 19.3. The molecular weight excluding hydrogens is 289 g/mol. The SMILES string of the molecule is CC(C)(O)C(C)(C)OBc1cnn(C2CCC(F)(F)CC2)c1. The summed E-state index contributed by atoms with van der Waals surface area (Å²) in [5, 5.41) is 14.3. The minimum absolute atomic E-state index is 0.0377. The van der Waals surface area contributed by atoms with Crippen LogP contribution in [0.15, 0.2) is 12.4 Å². The molecule has 7 heteroatoms. The van der Waals surface area contributed by atoms with E-state index in [0.717, 1.165) is 5.46 Å². The standard InChI is InChI=1S/C15H25BF2N2O2/c1-13(2,21)14(3,4)22-16-11-9-19-20(10-11)12-5-7-15(17,18)8-6-12/h9-10,12,16,21H,5-8H2,1-4H3. The lowest BCUT2D eigenvalue weighted by Gasteiger charge is -2.37. The third-order valence-electron chi connectivity index (χ3n) is 4.79. The molecule has 1 aromatic heterocycles. The quantitative estimate of drug-likeness (QED) is 0.848. The lowest BCUT2D eigenvalue weighted by molar-refractivity contribution is -0.0893. The Morgan fingerprint density at radius 2 is 1.91 bits per heavy atom. The molecule has 0 amide bonds. The minimum Gasteiger partial charge on any atom is -0.427 e. The summed E-state index contributed by atoms with van der Waals surface area (Å²) in [7, 11) is 0.333. The fraction of sp³-hybridized carbons (Fsp3) is 0.800. The van der Waals surface area contributed by atoms with Crippen LogP contribution in [-0.4, -0.2) is 39.5 Å². The fourth-order valence-electron chi connectivity index (χ4n) is 2.38. The highest BCUT2D eigenvalue weighted by Crippen LogP contribution is 2.37. The van der Waals surface area contributed by atoms with Gasteiger partial charge in [0.2, 0.25) is 5.92 Å². The molecule has 1 aliphatic rings. The second-order valence-electron chi connectivity index (χ2n) is 7.27. The predicted molar refractivity (Wildman–Crippen MR) is 82.9 cm³/mol. The monoisotopic (exact) mass is 314 g/mol. The Kier molecular flexibility index (Phi) is 4.69. The molecule has 0 spiro atoms.